The van der Waals surface area contributed by atoms with Gasteiger partial charge in [0.2, 0.25) is 0 Å². The van der Waals surface area contributed by atoms with E-state index >= 15 is 0 Å². The van der Waals surface area contributed by atoms with Gasteiger partial charge in [-0.3, -0.25) is 4.72 Å². The highest BCUT2D eigenvalue weighted by Crippen LogP contribution is 2.31. The Hall–Kier alpha value is -2.06. The summed E-state index contributed by atoms with van der Waals surface area (Å²) in [6, 6.07) is 8.76. The number of hydrogen-bond acceptors (Lipinski definition) is 6. The standard InChI is InChI=1S/C17H20N2O4S2/c1-23-17(20)16-15(9-12-24-16)25(21,22)18-13-7-3-4-8-14(13)19-10-5-2-6-11-19/h3-4,7-9,12,18H,2,5-6,10-11H2,1H3. The van der Waals surface area contributed by atoms with Crippen LogP contribution in [0.3, 0.4) is 0 Å². The molecule has 2 aromatic rings. The number of para-hydroxylation sites is 2. The van der Waals surface area contributed by atoms with Gasteiger partial charge >= 0.3 is 5.97 Å². The molecule has 25 heavy (non-hydrogen) atoms. The molecule has 0 radical (unpaired) electrons. The minimum absolute atomic E-state index is 0.0576. The van der Waals surface area contributed by atoms with Gasteiger partial charge in [-0.15, -0.1) is 11.3 Å². The number of carbonyl (C=O) groups is 1. The fourth-order valence-corrected chi connectivity index (χ4v) is 5.33. The number of rotatable bonds is 5. The molecule has 0 atom stereocenters. The number of thiophene rings is 1. The van der Waals surface area contributed by atoms with E-state index in [9.17, 15) is 13.2 Å². The van der Waals surface area contributed by atoms with Crippen molar-refractivity contribution < 1.29 is 17.9 Å². The smallest absolute Gasteiger partial charge is 0.349 e. The molecular formula is C17H20N2O4S2. The lowest BCUT2D eigenvalue weighted by Gasteiger charge is -2.30. The Balaban J connectivity index is 1.92. The van der Waals surface area contributed by atoms with Crippen LogP contribution < -0.4 is 9.62 Å². The van der Waals surface area contributed by atoms with Crippen LogP contribution in [0, 0.1) is 0 Å². The molecule has 0 unspecified atom stereocenters. The maximum absolute atomic E-state index is 12.8. The Kier molecular flexibility index (Phi) is 5.29. The Bertz CT molecular complexity index is 855. The molecule has 1 aliphatic rings. The molecule has 134 valence electrons. The van der Waals surface area contributed by atoms with E-state index in [4.69, 9.17) is 0 Å². The van der Waals surface area contributed by atoms with Gasteiger partial charge in [0, 0.05) is 13.1 Å². The number of nitrogens with zero attached hydrogens (tertiary/aromatic N) is 1. The van der Waals surface area contributed by atoms with Crippen LogP contribution in [0.2, 0.25) is 0 Å². The highest BCUT2D eigenvalue weighted by Gasteiger charge is 2.26. The average molecular weight is 380 g/mol. The number of methoxy groups -OCH3 is 1. The molecule has 1 aromatic carbocycles. The van der Waals surface area contributed by atoms with Gasteiger partial charge < -0.3 is 9.64 Å². The highest BCUT2D eigenvalue weighted by molar-refractivity contribution is 7.93. The fourth-order valence-electron chi connectivity index (χ4n) is 2.92. The molecule has 0 bridgehead atoms. The molecule has 1 saturated heterocycles. The lowest BCUT2D eigenvalue weighted by Crippen LogP contribution is -2.30. The van der Waals surface area contributed by atoms with Crippen LogP contribution >= 0.6 is 11.3 Å². The van der Waals surface area contributed by atoms with E-state index in [2.05, 4.69) is 14.4 Å². The van der Waals surface area contributed by atoms with Crippen molar-refractivity contribution in [1.82, 2.24) is 0 Å². The molecule has 0 aliphatic carbocycles. The molecule has 6 nitrogen and oxygen atoms in total. The van der Waals surface area contributed by atoms with Crippen molar-refractivity contribution in [3.63, 3.8) is 0 Å². The summed E-state index contributed by atoms with van der Waals surface area (Å²) in [5.41, 5.74) is 1.38. The van der Waals surface area contributed by atoms with E-state index in [1.807, 2.05) is 12.1 Å². The van der Waals surface area contributed by atoms with Gasteiger partial charge in [-0.2, -0.15) is 0 Å². The topological polar surface area (TPSA) is 75.7 Å². The molecular weight excluding hydrogens is 360 g/mol. The third-order valence-corrected chi connectivity index (χ3v) is 6.57. The number of benzene rings is 1. The first-order valence-electron chi connectivity index (χ1n) is 8.05. The van der Waals surface area contributed by atoms with Crippen molar-refractivity contribution in [2.24, 2.45) is 0 Å². The van der Waals surface area contributed by atoms with Crippen molar-refractivity contribution >= 4 is 38.7 Å². The summed E-state index contributed by atoms with van der Waals surface area (Å²) >= 11 is 1.05. The van der Waals surface area contributed by atoms with E-state index < -0.39 is 16.0 Å². The number of esters is 1. The number of ether oxygens (including phenoxy) is 1. The predicted molar refractivity (Wildman–Crippen MR) is 99.0 cm³/mol. The molecule has 3 rings (SSSR count). The largest absolute Gasteiger partial charge is 0.465 e. The number of nitrogens with one attached hydrogen (secondary N) is 1. The van der Waals surface area contributed by atoms with E-state index in [0.29, 0.717) is 5.69 Å². The van der Waals surface area contributed by atoms with E-state index in [1.165, 1.54) is 19.6 Å². The third kappa shape index (κ3) is 3.80. The van der Waals surface area contributed by atoms with Crippen molar-refractivity contribution in [2.45, 2.75) is 24.2 Å². The van der Waals surface area contributed by atoms with Crippen LogP contribution in [0.5, 0.6) is 0 Å². The van der Waals surface area contributed by atoms with Crippen LogP contribution in [0.4, 0.5) is 11.4 Å². The maximum atomic E-state index is 12.8. The van der Waals surface area contributed by atoms with Crippen LogP contribution in [0.25, 0.3) is 0 Å². The summed E-state index contributed by atoms with van der Waals surface area (Å²) in [6.07, 6.45) is 3.39. The van der Waals surface area contributed by atoms with E-state index in [0.717, 1.165) is 43.0 Å². The second-order valence-electron chi connectivity index (χ2n) is 5.78. The molecule has 2 heterocycles. The average Bonchev–Trinajstić information content (AvgIpc) is 3.13. The number of carbonyl (C=O) groups excluding carboxylic acids is 1. The molecule has 8 heteroatoms. The van der Waals surface area contributed by atoms with E-state index in [-0.39, 0.29) is 9.77 Å². The molecule has 1 N–H and O–H groups in total. The molecule has 1 aliphatic heterocycles. The Morgan fingerprint density at radius 1 is 1.16 bits per heavy atom. The first kappa shape index (κ1) is 17.8. The zero-order valence-electron chi connectivity index (χ0n) is 13.9. The molecule has 1 aromatic heterocycles. The Morgan fingerprint density at radius 3 is 2.60 bits per heavy atom. The SMILES string of the molecule is COC(=O)c1sccc1S(=O)(=O)Nc1ccccc1N1CCCCC1. The number of anilines is 2. The van der Waals surface area contributed by atoms with Gasteiger partial charge in [0.15, 0.2) is 0 Å². The normalized spacial score (nSPS) is 15.0. The summed E-state index contributed by atoms with van der Waals surface area (Å²) < 4.78 is 32.9. The summed E-state index contributed by atoms with van der Waals surface area (Å²) in [4.78, 5) is 14.0. The minimum Gasteiger partial charge on any atom is -0.465 e. The number of piperidine rings is 1. The van der Waals surface area contributed by atoms with Crippen molar-refractivity contribution in [3.8, 4) is 0 Å². The van der Waals surface area contributed by atoms with Gasteiger partial charge in [0.25, 0.3) is 10.0 Å². The Labute approximate surface area is 151 Å². The fraction of sp³-hybridized carbons (Fsp3) is 0.353. The lowest BCUT2D eigenvalue weighted by molar-refractivity contribution is 0.0602. The summed E-state index contributed by atoms with van der Waals surface area (Å²) in [7, 11) is -2.65. The quantitative estimate of drug-likeness (QED) is 0.805. The van der Waals surface area contributed by atoms with Gasteiger partial charge in [-0.05, 0) is 42.8 Å². The maximum Gasteiger partial charge on any atom is 0.349 e. The van der Waals surface area contributed by atoms with Crippen LogP contribution in [0.1, 0.15) is 28.9 Å². The van der Waals surface area contributed by atoms with Gasteiger partial charge in [0.1, 0.15) is 9.77 Å². The summed E-state index contributed by atoms with van der Waals surface area (Å²) in [6.45, 7) is 1.81. The predicted octanol–water partition coefficient (Wildman–Crippen LogP) is 3.33. The first-order valence-corrected chi connectivity index (χ1v) is 10.4. The molecule has 0 saturated carbocycles. The van der Waals surface area contributed by atoms with Gasteiger partial charge in [0.05, 0.1) is 18.5 Å². The lowest BCUT2D eigenvalue weighted by atomic mass is 10.1. The monoisotopic (exact) mass is 380 g/mol. The zero-order chi connectivity index (χ0) is 17.9. The summed E-state index contributed by atoms with van der Waals surface area (Å²) in [5, 5.41) is 1.57. The molecule has 0 spiro atoms. The van der Waals surface area contributed by atoms with Crippen LogP contribution in [0.15, 0.2) is 40.6 Å². The zero-order valence-corrected chi connectivity index (χ0v) is 15.5. The second kappa shape index (κ2) is 7.45. The molecule has 1 fully saturated rings. The third-order valence-electron chi connectivity index (χ3n) is 4.13. The van der Waals surface area contributed by atoms with Crippen molar-refractivity contribution in [3.05, 3.63) is 40.6 Å². The van der Waals surface area contributed by atoms with Crippen LogP contribution in [-0.4, -0.2) is 34.6 Å². The number of hydrogen-bond donors (Lipinski definition) is 1. The van der Waals surface area contributed by atoms with Crippen LogP contribution in [-0.2, 0) is 14.8 Å². The Morgan fingerprint density at radius 2 is 1.88 bits per heavy atom. The number of sulfonamides is 1. The van der Waals surface area contributed by atoms with Crippen molar-refractivity contribution in [1.29, 1.82) is 0 Å². The van der Waals surface area contributed by atoms with E-state index in [1.54, 1.807) is 17.5 Å². The van der Waals surface area contributed by atoms with Crippen molar-refractivity contribution in [2.75, 3.05) is 29.8 Å². The minimum atomic E-state index is -3.88. The highest BCUT2D eigenvalue weighted by atomic mass is 32.2. The second-order valence-corrected chi connectivity index (χ2v) is 8.34. The van der Waals surface area contributed by atoms with Gasteiger partial charge in [-0.1, -0.05) is 12.1 Å². The van der Waals surface area contributed by atoms with Gasteiger partial charge in [-0.25, -0.2) is 13.2 Å². The molecule has 0 amide bonds. The summed E-state index contributed by atoms with van der Waals surface area (Å²) in [5.74, 6) is -0.653. The first-order chi connectivity index (χ1) is 12.0.